The van der Waals surface area contributed by atoms with Crippen LogP contribution in [0, 0.1) is 40.4 Å². The van der Waals surface area contributed by atoms with Crippen molar-refractivity contribution in [2.24, 2.45) is 40.4 Å². The molecule has 0 bridgehead atoms. The van der Waals surface area contributed by atoms with E-state index in [4.69, 9.17) is 4.74 Å². The van der Waals surface area contributed by atoms with E-state index >= 15 is 0 Å². The smallest absolute Gasteiger partial charge is 0.338 e. The second-order valence-electron chi connectivity index (χ2n) is 11.6. The summed E-state index contributed by atoms with van der Waals surface area (Å²) in [4.78, 5) is 38.6. The SMILES string of the molecule is CC(=O)[C@H]1CC[C@H]2[C@@H]3CC[C@@H]4C[C@H](OC(=O)c5ccccc5)CC[C@]4(C)[C@H]3C(=O)C[C@]12C. The third kappa shape index (κ3) is 3.28. The summed E-state index contributed by atoms with van der Waals surface area (Å²) in [6.45, 7) is 6.27. The lowest BCUT2D eigenvalue weighted by atomic mass is 9.44. The molecule has 5 rings (SSSR count). The number of hydrogen-bond donors (Lipinski definition) is 0. The van der Waals surface area contributed by atoms with Crippen LogP contribution in [0.2, 0.25) is 0 Å². The van der Waals surface area contributed by atoms with Crippen molar-refractivity contribution in [1.82, 2.24) is 0 Å². The van der Waals surface area contributed by atoms with Gasteiger partial charge in [-0.05, 0) is 92.6 Å². The van der Waals surface area contributed by atoms with Crippen LogP contribution in [0.3, 0.4) is 0 Å². The Hall–Kier alpha value is -1.97. The van der Waals surface area contributed by atoms with E-state index in [9.17, 15) is 14.4 Å². The molecule has 0 saturated heterocycles. The van der Waals surface area contributed by atoms with Crippen LogP contribution in [0.15, 0.2) is 30.3 Å². The number of ether oxygens (including phenoxy) is 1. The Balaban J connectivity index is 1.33. The molecule has 4 saturated carbocycles. The first-order valence-electron chi connectivity index (χ1n) is 12.5. The molecule has 0 amide bonds. The molecule has 0 aliphatic heterocycles. The molecule has 4 nitrogen and oxygen atoms in total. The molecule has 4 aliphatic carbocycles. The van der Waals surface area contributed by atoms with E-state index < -0.39 is 0 Å². The zero-order valence-corrected chi connectivity index (χ0v) is 19.6. The summed E-state index contributed by atoms with van der Waals surface area (Å²) in [6.07, 6.45) is 7.36. The molecule has 0 heterocycles. The molecule has 0 radical (unpaired) electrons. The van der Waals surface area contributed by atoms with Crippen LogP contribution >= 0.6 is 0 Å². The van der Waals surface area contributed by atoms with Gasteiger partial charge in [0.2, 0.25) is 0 Å². The topological polar surface area (TPSA) is 60.4 Å². The third-order valence-corrected chi connectivity index (χ3v) is 10.1. The van der Waals surface area contributed by atoms with E-state index in [1.54, 1.807) is 19.1 Å². The van der Waals surface area contributed by atoms with Crippen LogP contribution in [-0.2, 0) is 14.3 Å². The van der Waals surface area contributed by atoms with Crippen molar-refractivity contribution < 1.29 is 19.1 Å². The van der Waals surface area contributed by atoms with Gasteiger partial charge in [0.15, 0.2) is 0 Å². The van der Waals surface area contributed by atoms with Crippen molar-refractivity contribution in [3.8, 4) is 0 Å². The third-order valence-electron chi connectivity index (χ3n) is 10.1. The summed E-state index contributed by atoms with van der Waals surface area (Å²) >= 11 is 0. The maximum atomic E-state index is 13.7. The predicted octanol–water partition coefficient (Wildman–Crippen LogP) is 5.64. The fourth-order valence-corrected chi connectivity index (χ4v) is 8.60. The number of benzene rings is 1. The first-order valence-corrected chi connectivity index (χ1v) is 12.5. The molecule has 0 spiro atoms. The van der Waals surface area contributed by atoms with E-state index in [2.05, 4.69) is 13.8 Å². The Kier molecular flexibility index (Phi) is 5.34. The average Bonchev–Trinajstić information content (AvgIpc) is 3.11. The molecular formula is C28H36O4. The second kappa shape index (κ2) is 7.81. The van der Waals surface area contributed by atoms with Crippen molar-refractivity contribution in [3.63, 3.8) is 0 Å². The van der Waals surface area contributed by atoms with Crippen LogP contribution in [0.1, 0.15) is 82.5 Å². The van der Waals surface area contributed by atoms with Gasteiger partial charge in [-0.25, -0.2) is 4.79 Å². The molecule has 0 unspecified atom stereocenters. The zero-order chi connectivity index (χ0) is 22.7. The van der Waals surface area contributed by atoms with Crippen molar-refractivity contribution in [1.29, 1.82) is 0 Å². The molecule has 1 aromatic carbocycles. The molecule has 4 aliphatic rings. The molecule has 172 valence electrons. The first kappa shape index (κ1) is 21.9. The monoisotopic (exact) mass is 436 g/mol. The fourth-order valence-electron chi connectivity index (χ4n) is 8.60. The highest BCUT2D eigenvalue weighted by molar-refractivity contribution is 5.89. The number of rotatable bonds is 3. The van der Waals surface area contributed by atoms with Gasteiger partial charge >= 0.3 is 5.97 Å². The summed E-state index contributed by atoms with van der Waals surface area (Å²) in [7, 11) is 0. The first-order chi connectivity index (χ1) is 15.2. The van der Waals surface area contributed by atoms with Crippen molar-refractivity contribution >= 4 is 17.5 Å². The molecule has 0 aromatic heterocycles. The van der Waals surface area contributed by atoms with Gasteiger partial charge < -0.3 is 4.74 Å². The van der Waals surface area contributed by atoms with E-state index in [0.717, 1.165) is 44.9 Å². The minimum absolute atomic E-state index is 0.00864. The maximum absolute atomic E-state index is 13.7. The van der Waals surface area contributed by atoms with Crippen LogP contribution < -0.4 is 0 Å². The highest BCUT2D eigenvalue weighted by Crippen LogP contribution is 2.66. The van der Waals surface area contributed by atoms with Gasteiger partial charge in [0.1, 0.15) is 17.7 Å². The number of carbonyl (C=O) groups is 3. The van der Waals surface area contributed by atoms with Crippen LogP contribution in [0.5, 0.6) is 0 Å². The van der Waals surface area contributed by atoms with Gasteiger partial charge in [-0.2, -0.15) is 0 Å². The normalized spacial score (nSPS) is 43.0. The largest absolute Gasteiger partial charge is 0.459 e. The minimum atomic E-state index is -0.237. The summed E-state index contributed by atoms with van der Waals surface area (Å²) in [5.74, 6) is 1.91. The van der Waals surface area contributed by atoms with E-state index in [1.165, 1.54) is 0 Å². The Bertz CT molecular complexity index is 923. The van der Waals surface area contributed by atoms with Crippen LogP contribution in [0.4, 0.5) is 0 Å². The highest BCUT2D eigenvalue weighted by Gasteiger charge is 2.63. The fraction of sp³-hybridized carbons (Fsp3) is 0.679. The lowest BCUT2D eigenvalue weighted by Gasteiger charge is -2.59. The van der Waals surface area contributed by atoms with Gasteiger partial charge in [-0.1, -0.05) is 32.0 Å². The molecular weight excluding hydrogens is 400 g/mol. The Morgan fingerprint density at radius 1 is 0.969 bits per heavy atom. The second-order valence-corrected chi connectivity index (χ2v) is 11.6. The van der Waals surface area contributed by atoms with E-state index in [-0.39, 0.29) is 40.5 Å². The van der Waals surface area contributed by atoms with Crippen molar-refractivity contribution in [3.05, 3.63) is 35.9 Å². The number of hydrogen-bond acceptors (Lipinski definition) is 4. The van der Waals surface area contributed by atoms with Crippen molar-refractivity contribution in [2.45, 2.75) is 78.2 Å². The molecule has 1 aromatic rings. The number of Topliss-reactive ketones (excluding diaryl/α,β-unsaturated/α-hetero) is 2. The Labute approximate surface area is 191 Å². The highest BCUT2D eigenvalue weighted by atomic mass is 16.5. The molecule has 0 N–H and O–H groups in total. The maximum Gasteiger partial charge on any atom is 0.338 e. The molecule has 4 heteroatoms. The summed E-state index contributed by atoms with van der Waals surface area (Å²) in [6, 6.07) is 9.22. The van der Waals surface area contributed by atoms with Gasteiger partial charge in [0.25, 0.3) is 0 Å². The number of esters is 1. The van der Waals surface area contributed by atoms with Gasteiger partial charge in [0.05, 0.1) is 5.56 Å². The number of ketones is 2. The van der Waals surface area contributed by atoms with E-state index in [0.29, 0.717) is 35.5 Å². The zero-order valence-electron chi connectivity index (χ0n) is 19.6. The van der Waals surface area contributed by atoms with Crippen molar-refractivity contribution in [2.75, 3.05) is 0 Å². The number of fused-ring (bicyclic) bond motifs is 5. The molecule has 32 heavy (non-hydrogen) atoms. The predicted molar refractivity (Wildman–Crippen MR) is 122 cm³/mol. The minimum Gasteiger partial charge on any atom is -0.459 e. The summed E-state index contributed by atoms with van der Waals surface area (Å²) in [5, 5.41) is 0. The lowest BCUT2D eigenvalue weighted by Crippen LogP contribution is -2.58. The van der Waals surface area contributed by atoms with Crippen LogP contribution in [0.25, 0.3) is 0 Å². The molecule has 4 fully saturated rings. The van der Waals surface area contributed by atoms with Crippen LogP contribution in [-0.4, -0.2) is 23.6 Å². The van der Waals surface area contributed by atoms with Gasteiger partial charge in [-0.3, -0.25) is 9.59 Å². The number of carbonyl (C=O) groups excluding carboxylic acids is 3. The Morgan fingerprint density at radius 2 is 1.72 bits per heavy atom. The van der Waals surface area contributed by atoms with Gasteiger partial charge in [0, 0.05) is 18.3 Å². The Morgan fingerprint density at radius 3 is 2.44 bits per heavy atom. The quantitative estimate of drug-likeness (QED) is 0.576. The van der Waals surface area contributed by atoms with Gasteiger partial charge in [-0.15, -0.1) is 0 Å². The molecule has 8 atom stereocenters. The lowest BCUT2D eigenvalue weighted by molar-refractivity contribution is -0.162. The standard InChI is InChI=1S/C28H36O4/c1-17(29)22-11-12-23-21-10-9-19-15-20(32-26(31)18-7-5-4-6-8-18)13-14-27(19,2)25(21)24(30)16-28(22,23)3/h4-8,19-23,25H,9-16H2,1-3H3/t19-,20-,21+,22-,23+,25-,27+,28-/m1/s1. The van der Waals surface area contributed by atoms with E-state index in [1.807, 2.05) is 18.2 Å². The average molecular weight is 437 g/mol. The summed E-state index contributed by atoms with van der Waals surface area (Å²) in [5.41, 5.74) is 0.452. The summed E-state index contributed by atoms with van der Waals surface area (Å²) < 4.78 is 5.90.